The first kappa shape index (κ1) is 18.0. The first-order valence-corrected chi connectivity index (χ1v) is 8.89. The number of carbonyl (C=O) groups is 2. The van der Waals surface area contributed by atoms with Crippen LogP contribution in [-0.4, -0.2) is 59.5 Å². The summed E-state index contributed by atoms with van der Waals surface area (Å²) in [6.45, 7) is 2.52. The van der Waals surface area contributed by atoms with E-state index in [1.54, 1.807) is 7.11 Å². The van der Waals surface area contributed by atoms with Gasteiger partial charge in [-0.15, -0.1) is 0 Å². The first-order chi connectivity index (χ1) is 12.6. The highest BCUT2D eigenvalue weighted by Gasteiger charge is 2.23. The molecule has 0 radical (unpaired) electrons. The molecule has 2 amide bonds. The first-order valence-electron chi connectivity index (χ1n) is 8.89. The Balaban J connectivity index is 1.57. The SMILES string of the molecule is COc1ccc(CC(=O)N2CCCN(C(=O)c3ccn(C)c3)CC2)cc1. The van der Waals surface area contributed by atoms with E-state index >= 15 is 0 Å². The molecule has 2 heterocycles. The molecule has 1 fully saturated rings. The van der Waals surface area contributed by atoms with E-state index < -0.39 is 0 Å². The summed E-state index contributed by atoms with van der Waals surface area (Å²) in [5.74, 6) is 0.922. The lowest BCUT2D eigenvalue weighted by Gasteiger charge is -2.22. The highest BCUT2D eigenvalue weighted by atomic mass is 16.5. The van der Waals surface area contributed by atoms with Crippen molar-refractivity contribution in [2.45, 2.75) is 12.8 Å². The fourth-order valence-corrected chi connectivity index (χ4v) is 3.21. The Labute approximate surface area is 154 Å². The topological polar surface area (TPSA) is 54.8 Å². The van der Waals surface area contributed by atoms with Crippen LogP contribution in [0.15, 0.2) is 42.7 Å². The van der Waals surface area contributed by atoms with Gasteiger partial charge in [-0.1, -0.05) is 12.1 Å². The number of aromatic nitrogens is 1. The molecule has 1 saturated heterocycles. The number of nitrogens with zero attached hydrogens (tertiary/aromatic N) is 3. The summed E-state index contributed by atoms with van der Waals surface area (Å²) < 4.78 is 7.02. The summed E-state index contributed by atoms with van der Waals surface area (Å²) in [4.78, 5) is 28.9. The monoisotopic (exact) mass is 355 g/mol. The Morgan fingerprint density at radius 1 is 1.00 bits per heavy atom. The van der Waals surface area contributed by atoms with Gasteiger partial charge in [-0.25, -0.2) is 0 Å². The molecule has 138 valence electrons. The molecule has 0 spiro atoms. The van der Waals surface area contributed by atoms with Crippen LogP contribution in [0.5, 0.6) is 5.75 Å². The van der Waals surface area contributed by atoms with Gasteiger partial charge in [0.25, 0.3) is 5.91 Å². The second kappa shape index (κ2) is 8.08. The molecule has 0 bridgehead atoms. The largest absolute Gasteiger partial charge is 0.497 e. The van der Waals surface area contributed by atoms with Crippen molar-refractivity contribution in [2.24, 2.45) is 7.05 Å². The number of carbonyl (C=O) groups excluding carboxylic acids is 2. The van der Waals surface area contributed by atoms with E-state index in [-0.39, 0.29) is 11.8 Å². The smallest absolute Gasteiger partial charge is 0.255 e. The van der Waals surface area contributed by atoms with Gasteiger partial charge in [0.1, 0.15) is 5.75 Å². The van der Waals surface area contributed by atoms with E-state index in [1.165, 1.54) is 0 Å². The van der Waals surface area contributed by atoms with Gasteiger partial charge in [0.2, 0.25) is 5.91 Å². The Morgan fingerprint density at radius 2 is 1.69 bits per heavy atom. The van der Waals surface area contributed by atoms with Crippen LogP contribution >= 0.6 is 0 Å². The predicted octanol–water partition coefficient (Wildman–Crippen LogP) is 1.95. The highest BCUT2D eigenvalue weighted by Crippen LogP contribution is 2.14. The molecule has 0 atom stereocenters. The molecule has 6 heteroatoms. The number of ether oxygens (including phenoxy) is 1. The van der Waals surface area contributed by atoms with Gasteiger partial charge < -0.3 is 19.1 Å². The summed E-state index contributed by atoms with van der Waals surface area (Å²) in [5, 5.41) is 0. The average Bonchev–Trinajstić information content (AvgIpc) is 2.93. The minimum Gasteiger partial charge on any atom is -0.497 e. The third-order valence-electron chi connectivity index (χ3n) is 4.73. The molecule has 3 rings (SSSR count). The molecule has 0 aliphatic carbocycles. The molecule has 6 nitrogen and oxygen atoms in total. The molecule has 0 N–H and O–H groups in total. The van der Waals surface area contributed by atoms with E-state index in [2.05, 4.69) is 0 Å². The average molecular weight is 355 g/mol. The molecular weight excluding hydrogens is 330 g/mol. The van der Waals surface area contributed by atoms with E-state index in [4.69, 9.17) is 4.74 Å². The number of benzene rings is 1. The minimum absolute atomic E-state index is 0.0371. The number of aryl methyl sites for hydroxylation is 1. The Bertz CT molecular complexity index is 767. The molecule has 1 aliphatic rings. The van der Waals surface area contributed by atoms with Gasteiger partial charge in [0.15, 0.2) is 0 Å². The summed E-state index contributed by atoms with van der Waals surface area (Å²) >= 11 is 0. The van der Waals surface area contributed by atoms with E-state index in [1.807, 2.05) is 64.1 Å². The minimum atomic E-state index is 0.0371. The fraction of sp³-hybridized carbons (Fsp3) is 0.400. The Morgan fingerprint density at radius 3 is 2.35 bits per heavy atom. The number of amides is 2. The number of methoxy groups -OCH3 is 1. The number of hydrogen-bond acceptors (Lipinski definition) is 3. The van der Waals surface area contributed by atoms with Crippen molar-refractivity contribution in [3.05, 3.63) is 53.9 Å². The summed E-state index contributed by atoms with van der Waals surface area (Å²) in [6, 6.07) is 9.40. The van der Waals surface area contributed by atoms with Gasteiger partial charge in [-0.3, -0.25) is 9.59 Å². The molecular formula is C20H25N3O3. The van der Waals surface area contributed by atoms with E-state index in [9.17, 15) is 9.59 Å². The lowest BCUT2D eigenvalue weighted by atomic mass is 10.1. The summed E-state index contributed by atoms with van der Waals surface area (Å²) in [6.07, 6.45) is 4.87. The highest BCUT2D eigenvalue weighted by molar-refractivity contribution is 5.94. The third-order valence-corrected chi connectivity index (χ3v) is 4.73. The third kappa shape index (κ3) is 4.25. The fourth-order valence-electron chi connectivity index (χ4n) is 3.21. The van der Waals surface area contributed by atoms with Crippen molar-refractivity contribution in [3.8, 4) is 5.75 Å². The van der Waals surface area contributed by atoms with Crippen molar-refractivity contribution >= 4 is 11.8 Å². The summed E-state index contributed by atoms with van der Waals surface area (Å²) in [7, 11) is 3.53. The maximum atomic E-state index is 12.6. The normalized spacial score (nSPS) is 14.8. The van der Waals surface area contributed by atoms with Crippen LogP contribution in [0.3, 0.4) is 0 Å². The zero-order chi connectivity index (χ0) is 18.5. The zero-order valence-electron chi connectivity index (χ0n) is 15.4. The van der Waals surface area contributed by atoms with Crippen LogP contribution in [0.25, 0.3) is 0 Å². The van der Waals surface area contributed by atoms with Crippen molar-refractivity contribution in [1.29, 1.82) is 0 Å². The van der Waals surface area contributed by atoms with Crippen LogP contribution in [-0.2, 0) is 18.3 Å². The number of rotatable bonds is 4. The zero-order valence-corrected chi connectivity index (χ0v) is 15.4. The maximum absolute atomic E-state index is 12.6. The second-order valence-electron chi connectivity index (χ2n) is 6.62. The van der Waals surface area contributed by atoms with Gasteiger partial charge in [-0.05, 0) is 30.2 Å². The standard InChI is InChI=1S/C20H25N3O3/c1-21-11-8-17(15-21)20(25)23-10-3-9-22(12-13-23)19(24)14-16-4-6-18(26-2)7-5-16/h4-8,11,15H,3,9-10,12-14H2,1-2H3. The van der Waals surface area contributed by atoms with Gasteiger partial charge in [0.05, 0.1) is 19.1 Å². The predicted molar refractivity (Wildman–Crippen MR) is 99.2 cm³/mol. The van der Waals surface area contributed by atoms with E-state index in [0.29, 0.717) is 38.2 Å². The van der Waals surface area contributed by atoms with Crippen LogP contribution in [0.1, 0.15) is 22.3 Å². The lowest BCUT2D eigenvalue weighted by Crippen LogP contribution is -2.37. The second-order valence-corrected chi connectivity index (χ2v) is 6.62. The lowest BCUT2D eigenvalue weighted by molar-refractivity contribution is -0.130. The van der Waals surface area contributed by atoms with Crippen LogP contribution in [0.2, 0.25) is 0 Å². The van der Waals surface area contributed by atoms with Gasteiger partial charge >= 0.3 is 0 Å². The Kier molecular flexibility index (Phi) is 5.61. The molecule has 1 aromatic carbocycles. The van der Waals surface area contributed by atoms with Crippen molar-refractivity contribution in [3.63, 3.8) is 0 Å². The van der Waals surface area contributed by atoms with Crippen LogP contribution < -0.4 is 4.74 Å². The molecule has 0 saturated carbocycles. The summed E-state index contributed by atoms with van der Waals surface area (Å²) in [5.41, 5.74) is 1.67. The number of hydrogen-bond donors (Lipinski definition) is 0. The molecule has 0 unspecified atom stereocenters. The van der Waals surface area contributed by atoms with Gasteiger partial charge in [-0.2, -0.15) is 0 Å². The van der Waals surface area contributed by atoms with Crippen molar-refractivity contribution in [1.82, 2.24) is 14.4 Å². The molecule has 1 aromatic heterocycles. The van der Waals surface area contributed by atoms with Crippen molar-refractivity contribution in [2.75, 3.05) is 33.3 Å². The quantitative estimate of drug-likeness (QED) is 0.842. The van der Waals surface area contributed by atoms with Gasteiger partial charge in [0, 0.05) is 45.6 Å². The maximum Gasteiger partial charge on any atom is 0.255 e. The Hall–Kier alpha value is -2.76. The van der Waals surface area contributed by atoms with Crippen molar-refractivity contribution < 1.29 is 14.3 Å². The molecule has 1 aliphatic heterocycles. The molecule has 26 heavy (non-hydrogen) atoms. The van der Waals surface area contributed by atoms with Crippen LogP contribution in [0.4, 0.5) is 0 Å². The van der Waals surface area contributed by atoms with E-state index in [0.717, 1.165) is 17.7 Å². The molecule has 2 aromatic rings. The van der Waals surface area contributed by atoms with Crippen LogP contribution in [0, 0.1) is 0 Å².